The average Bonchev–Trinajstić information content (AvgIpc) is 2.85. The fraction of sp³-hybridized carbons (Fsp3) is 0.550. The Morgan fingerprint density at radius 2 is 2.21 bits per heavy atom. The Morgan fingerprint density at radius 1 is 1.42 bits per heavy atom. The molecule has 1 unspecified atom stereocenters. The lowest BCUT2D eigenvalue weighted by Crippen LogP contribution is -2.36. The van der Waals surface area contributed by atoms with Crippen LogP contribution in [-0.4, -0.2) is 23.6 Å². The summed E-state index contributed by atoms with van der Waals surface area (Å²) in [5, 5.41) is 4.30. The van der Waals surface area contributed by atoms with Gasteiger partial charge in [-0.05, 0) is 49.8 Å². The molecule has 3 N–H and O–H groups in total. The number of nitrogens with one attached hydrogen (secondary N) is 1. The molecule has 0 bridgehead atoms. The number of hydrogen-bond acceptors (Lipinski definition) is 2. The van der Waals surface area contributed by atoms with Gasteiger partial charge < -0.3 is 15.6 Å². The zero-order chi connectivity index (χ0) is 17.3. The summed E-state index contributed by atoms with van der Waals surface area (Å²) in [6.45, 7) is 8.77. The number of amides is 1. The van der Waals surface area contributed by atoms with Crippen molar-refractivity contribution in [2.45, 2.75) is 46.6 Å². The van der Waals surface area contributed by atoms with Gasteiger partial charge in [0.05, 0.1) is 0 Å². The lowest BCUT2D eigenvalue weighted by molar-refractivity contribution is -0.125. The van der Waals surface area contributed by atoms with Gasteiger partial charge in [0, 0.05) is 42.1 Å². The van der Waals surface area contributed by atoms with Crippen LogP contribution < -0.4 is 11.1 Å². The number of benzene rings is 1. The van der Waals surface area contributed by atoms with E-state index in [9.17, 15) is 4.79 Å². The van der Waals surface area contributed by atoms with Gasteiger partial charge in [-0.3, -0.25) is 4.79 Å². The van der Waals surface area contributed by atoms with Gasteiger partial charge in [0.15, 0.2) is 0 Å². The number of rotatable bonds is 5. The van der Waals surface area contributed by atoms with Gasteiger partial charge in [-0.1, -0.05) is 25.5 Å². The number of aromatic nitrogens is 1. The van der Waals surface area contributed by atoms with Gasteiger partial charge in [-0.15, -0.1) is 0 Å². The third-order valence-electron chi connectivity index (χ3n) is 4.98. The van der Waals surface area contributed by atoms with Crippen molar-refractivity contribution in [2.75, 3.05) is 13.1 Å². The van der Waals surface area contributed by atoms with E-state index in [2.05, 4.69) is 48.9 Å². The fourth-order valence-electron chi connectivity index (χ4n) is 3.90. The molecule has 1 heterocycles. The minimum atomic E-state index is 0.0719. The first-order chi connectivity index (χ1) is 11.5. The maximum atomic E-state index is 12.4. The quantitative estimate of drug-likeness (QED) is 0.887. The molecule has 0 aliphatic heterocycles. The van der Waals surface area contributed by atoms with E-state index in [-0.39, 0.29) is 11.8 Å². The molecule has 1 aliphatic carbocycles. The van der Waals surface area contributed by atoms with Gasteiger partial charge in [0.1, 0.15) is 0 Å². The van der Waals surface area contributed by atoms with Gasteiger partial charge in [-0.2, -0.15) is 0 Å². The summed E-state index contributed by atoms with van der Waals surface area (Å²) in [6, 6.07) is 6.72. The summed E-state index contributed by atoms with van der Waals surface area (Å²) >= 11 is 0. The monoisotopic (exact) mass is 327 g/mol. The van der Waals surface area contributed by atoms with Gasteiger partial charge >= 0.3 is 0 Å². The van der Waals surface area contributed by atoms with E-state index in [0.717, 1.165) is 25.8 Å². The van der Waals surface area contributed by atoms with Crippen LogP contribution in [0.4, 0.5) is 0 Å². The number of carbonyl (C=O) groups excluding carboxylic acids is 1. The first kappa shape index (κ1) is 17.0. The van der Waals surface area contributed by atoms with Crippen molar-refractivity contribution in [1.29, 1.82) is 0 Å². The number of nitrogens with zero attached hydrogens (tertiary/aromatic N) is 1. The first-order valence-electron chi connectivity index (χ1n) is 9.09. The molecule has 130 valence electrons. The predicted octanol–water partition coefficient (Wildman–Crippen LogP) is 2.79. The second kappa shape index (κ2) is 6.98. The normalized spacial score (nSPS) is 17.3. The number of hydrogen-bond donors (Lipinski definition) is 2. The highest BCUT2D eigenvalue weighted by atomic mass is 16.1. The summed E-state index contributed by atoms with van der Waals surface area (Å²) in [5.74, 6) is 0.836. The smallest absolute Gasteiger partial charge is 0.223 e. The second-order valence-electron chi connectivity index (χ2n) is 7.47. The maximum absolute atomic E-state index is 12.4. The summed E-state index contributed by atoms with van der Waals surface area (Å²) in [4.78, 5) is 12.4. The first-order valence-corrected chi connectivity index (χ1v) is 9.09. The largest absolute Gasteiger partial charge is 0.355 e. The highest BCUT2D eigenvalue weighted by molar-refractivity contribution is 5.88. The van der Waals surface area contributed by atoms with E-state index < -0.39 is 0 Å². The van der Waals surface area contributed by atoms with Crippen molar-refractivity contribution in [3.8, 4) is 0 Å². The van der Waals surface area contributed by atoms with Crippen LogP contribution in [0.25, 0.3) is 10.9 Å². The molecule has 1 amide bonds. The van der Waals surface area contributed by atoms with E-state index in [4.69, 9.17) is 5.73 Å². The molecule has 0 radical (unpaired) electrons. The van der Waals surface area contributed by atoms with Gasteiger partial charge in [-0.25, -0.2) is 0 Å². The molecule has 0 saturated carbocycles. The van der Waals surface area contributed by atoms with Crippen LogP contribution in [0.3, 0.4) is 0 Å². The van der Waals surface area contributed by atoms with Crippen molar-refractivity contribution in [3.05, 3.63) is 35.0 Å². The molecule has 4 nitrogen and oxygen atoms in total. The lowest BCUT2D eigenvalue weighted by Gasteiger charge is -2.24. The van der Waals surface area contributed by atoms with Gasteiger partial charge in [0.25, 0.3) is 0 Å². The van der Waals surface area contributed by atoms with Crippen molar-refractivity contribution < 1.29 is 4.79 Å². The summed E-state index contributed by atoms with van der Waals surface area (Å²) in [7, 11) is 0. The Hall–Kier alpha value is -1.81. The maximum Gasteiger partial charge on any atom is 0.223 e. The Balaban J connectivity index is 1.99. The molecular weight excluding hydrogens is 298 g/mol. The Morgan fingerprint density at radius 3 is 2.92 bits per heavy atom. The van der Waals surface area contributed by atoms with E-state index in [1.165, 1.54) is 27.7 Å². The molecule has 3 rings (SSSR count). The highest BCUT2D eigenvalue weighted by Gasteiger charge is 2.29. The third-order valence-corrected chi connectivity index (χ3v) is 4.98. The van der Waals surface area contributed by atoms with Crippen molar-refractivity contribution >= 4 is 16.8 Å². The van der Waals surface area contributed by atoms with Crippen LogP contribution in [-0.2, 0) is 24.2 Å². The van der Waals surface area contributed by atoms with Crippen LogP contribution in [0.5, 0.6) is 0 Å². The zero-order valence-corrected chi connectivity index (χ0v) is 15.1. The third kappa shape index (κ3) is 3.20. The van der Waals surface area contributed by atoms with Gasteiger partial charge in [0.2, 0.25) is 5.91 Å². The molecular formula is C20H29N3O. The summed E-state index contributed by atoms with van der Waals surface area (Å²) in [5.41, 5.74) is 10.9. The number of aryl methyl sites for hydroxylation is 1. The van der Waals surface area contributed by atoms with Crippen LogP contribution >= 0.6 is 0 Å². The van der Waals surface area contributed by atoms with E-state index in [1.807, 2.05) is 0 Å². The number of nitrogens with two attached hydrogens (primary N) is 1. The highest BCUT2D eigenvalue weighted by Crippen LogP contribution is 2.35. The lowest BCUT2D eigenvalue weighted by atomic mass is 9.85. The molecule has 0 spiro atoms. The molecule has 0 saturated heterocycles. The molecule has 24 heavy (non-hydrogen) atoms. The summed E-state index contributed by atoms with van der Waals surface area (Å²) in [6.07, 6.45) is 2.75. The minimum absolute atomic E-state index is 0.0719. The van der Waals surface area contributed by atoms with E-state index >= 15 is 0 Å². The topological polar surface area (TPSA) is 60.0 Å². The SMILES string of the molecule is Cc1ccc2c(c1)c1c(n2CC(C)C)CCC(C(=O)NCCN)C1. The zero-order valence-electron chi connectivity index (χ0n) is 15.1. The van der Waals surface area contributed by atoms with Crippen molar-refractivity contribution in [1.82, 2.24) is 9.88 Å². The van der Waals surface area contributed by atoms with Crippen LogP contribution in [0.15, 0.2) is 18.2 Å². The van der Waals surface area contributed by atoms with E-state index in [1.54, 1.807) is 0 Å². The number of fused-ring (bicyclic) bond motifs is 3. The van der Waals surface area contributed by atoms with Crippen molar-refractivity contribution in [3.63, 3.8) is 0 Å². The van der Waals surface area contributed by atoms with Crippen molar-refractivity contribution in [2.24, 2.45) is 17.6 Å². The van der Waals surface area contributed by atoms with Crippen LogP contribution in [0, 0.1) is 18.8 Å². The molecule has 4 heteroatoms. The Kier molecular flexibility index (Phi) is 4.95. The molecule has 1 atom stereocenters. The second-order valence-corrected chi connectivity index (χ2v) is 7.47. The molecule has 1 aliphatic rings. The molecule has 2 aromatic rings. The minimum Gasteiger partial charge on any atom is -0.355 e. The van der Waals surface area contributed by atoms with Crippen LogP contribution in [0.2, 0.25) is 0 Å². The Bertz CT molecular complexity index is 745. The molecule has 1 aromatic heterocycles. The molecule has 0 fully saturated rings. The fourth-order valence-corrected chi connectivity index (χ4v) is 3.90. The standard InChI is InChI=1S/C20H29N3O/c1-13(2)12-23-18-6-4-14(3)10-16(18)17-11-15(5-7-19(17)23)20(24)22-9-8-21/h4,6,10,13,15H,5,7-9,11-12,21H2,1-3H3,(H,22,24). The Labute approximate surface area is 144 Å². The average molecular weight is 327 g/mol. The van der Waals surface area contributed by atoms with Crippen LogP contribution in [0.1, 0.15) is 37.1 Å². The number of carbonyl (C=O) groups is 1. The molecule has 1 aromatic carbocycles. The predicted molar refractivity (Wildman–Crippen MR) is 99.1 cm³/mol. The summed E-state index contributed by atoms with van der Waals surface area (Å²) < 4.78 is 2.49. The van der Waals surface area contributed by atoms with E-state index in [0.29, 0.717) is 19.0 Å².